The van der Waals surface area contributed by atoms with Gasteiger partial charge in [-0.1, -0.05) is 17.2 Å². The van der Waals surface area contributed by atoms with Crippen molar-refractivity contribution in [2.45, 2.75) is 31.2 Å². The highest BCUT2D eigenvalue weighted by atomic mass is 16.4. The van der Waals surface area contributed by atoms with E-state index in [1.165, 1.54) is 0 Å². The zero-order chi connectivity index (χ0) is 14.8. The molecule has 3 rings (SSSR count). The van der Waals surface area contributed by atoms with E-state index in [4.69, 9.17) is 10.2 Å². The molecule has 2 aromatic rings. The van der Waals surface area contributed by atoms with Crippen LogP contribution in [0.15, 0.2) is 28.7 Å². The Morgan fingerprint density at radius 3 is 2.76 bits per heavy atom. The van der Waals surface area contributed by atoms with E-state index in [1.807, 2.05) is 0 Å². The minimum absolute atomic E-state index is 0.0862. The van der Waals surface area contributed by atoms with Crippen molar-refractivity contribution in [1.82, 2.24) is 10.2 Å². The van der Waals surface area contributed by atoms with E-state index in [1.54, 1.807) is 24.3 Å². The van der Waals surface area contributed by atoms with Gasteiger partial charge in [-0.2, -0.15) is 0 Å². The van der Waals surface area contributed by atoms with Crippen LogP contribution in [0.2, 0.25) is 0 Å². The molecule has 4 N–H and O–H groups in total. The molecular weight excluding hydrogens is 272 g/mol. The molecule has 0 radical (unpaired) electrons. The molecule has 0 bridgehead atoms. The Balaban J connectivity index is 1.57. The molecule has 110 valence electrons. The van der Waals surface area contributed by atoms with Crippen molar-refractivity contribution in [3.8, 4) is 5.75 Å². The lowest BCUT2D eigenvalue weighted by molar-refractivity contribution is -0.117. The van der Waals surface area contributed by atoms with Gasteiger partial charge in [0.05, 0.1) is 6.04 Å². The van der Waals surface area contributed by atoms with Crippen LogP contribution >= 0.6 is 0 Å². The van der Waals surface area contributed by atoms with E-state index in [-0.39, 0.29) is 17.7 Å². The third kappa shape index (κ3) is 3.38. The van der Waals surface area contributed by atoms with E-state index in [2.05, 4.69) is 15.5 Å². The Labute approximate surface area is 121 Å². The van der Waals surface area contributed by atoms with E-state index >= 15 is 0 Å². The summed E-state index contributed by atoms with van der Waals surface area (Å²) in [6.45, 7) is 0. The van der Waals surface area contributed by atoms with Gasteiger partial charge < -0.3 is 15.3 Å². The summed E-state index contributed by atoms with van der Waals surface area (Å²) in [4.78, 5) is 12.0. The fourth-order valence-electron chi connectivity index (χ4n) is 1.96. The van der Waals surface area contributed by atoms with Crippen molar-refractivity contribution >= 4 is 11.9 Å². The molecule has 1 saturated carbocycles. The van der Waals surface area contributed by atoms with Gasteiger partial charge in [0.2, 0.25) is 11.8 Å². The first-order chi connectivity index (χ1) is 10.1. The minimum atomic E-state index is -0.731. The molecule has 1 aliphatic carbocycles. The van der Waals surface area contributed by atoms with Gasteiger partial charge in [-0.05, 0) is 37.0 Å². The van der Waals surface area contributed by atoms with Gasteiger partial charge in [0.15, 0.2) is 0 Å². The number of phenolic OH excluding ortho intramolecular Hbond substituents is 1. The van der Waals surface area contributed by atoms with E-state index in [0.717, 1.165) is 18.4 Å². The van der Waals surface area contributed by atoms with Crippen molar-refractivity contribution < 1.29 is 14.3 Å². The standard InChI is InChI=1S/C14H16N4O3/c15-11(7-8-1-5-10(19)6-2-8)12(20)16-14-18-17-13(21-14)9-3-4-9/h1-2,5-6,9,11,19H,3-4,7,15H2,(H,16,18,20)/t11-/m1/s1. The topological polar surface area (TPSA) is 114 Å². The summed E-state index contributed by atoms with van der Waals surface area (Å²) >= 11 is 0. The Morgan fingerprint density at radius 2 is 2.10 bits per heavy atom. The second-order valence-electron chi connectivity index (χ2n) is 5.19. The van der Waals surface area contributed by atoms with Crippen LogP contribution in [0.25, 0.3) is 0 Å². The van der Waals surface area contributed by atoms with Gasteiger partial charge in [0.1, 0.15) is 5.75 Å². The fraction of sp³-hybridized carbons (Fsp3) is 0.357. The maximum Gasteiger partial charge on any atom is 0.322 e. The second kappa shape index (κ2) is 5.53. The van der Waals surface area contributed by atoms with Crippen molar-refractivity contribution in [2.75, 3.05) is 5.32 Å². The van der Waals surface area contributed by atoms with Gasteiger partial charge in [0.25, 0.3) is 0 Å². The number of hydrogen-bond acceptors (Lipinski definition) is 6. The molecule has 0 saturated heterocycles. The molecule has 1 aromatic carbocycles. The van der Waals surface area contributed by atoms with Crippen LogP contribution in [0.4, 0.5) is 6.01 Å². The normalized spacial score (nSPS) is 15.7. The van der Waals surface area contributed by atoms with Crippen LogP contribution in [0.3, 0.4) is 0 Å². The number of phenols is 1. The monoisotopic (exact) mass is 288 g/mol. The minimum Gasteiger partial charge on any atom is -0.508 e. The summed E-state index contributed by atoms with van der Waals surface area (Å²) in [5.74, 6) is 0.704. The number of nitrogens with two attached hydrogens (primary N) is 1. The van der Waals surface area contributed by atoms with Gasteiger partial charge >= 0.3 is 6.01 Å². The number of benzene rings is 1. The molecule has 0 aliphatic heterocycles. The SMILES string of the molecule is N[C@H](Cc1ccc(O)cc1)C(=O)Nc1nnc(C2CC2)o1. The average molecular weight is 288 g/mol. The lowest BCUT2D eigenvalue weighted by atomic mass is 10.1. The maximum atomic E-state index is 12.0. The highest BCUT2D eigenvalue weighted by Gasteiger charge is 2.29. The van der Waals surface area contributed by atoms with Crippen molar-refractivity contribution in [3.63, 3.8) is 0 Å². The number of anilines is 1. The summed E-state index contributed by atoms with van der Waals surface area (Å²) in [5, 5.41) is 19.4. The Hall–Kier alpha value is -2.41. The van der Waals surface area contributed by atoms with Crippen LogP contribution < -0.4 is 11.1 Å². The Bertz CT molecular complexity index is 634. The summed E-state index contributed by atoms with van der Waals surface area (Å²) in [7, 11) is 0. The van der Waals surface area contributed by atoms with Gasteiger partial charge in [-0.15, -0.1) is 5.10 Å². The molecule has 21 heavy (non-hydrogen) atoms. The highest BCUT2D eigenvalue weighted by Crippen LogP contribution is 2.39. The van der Waals surface area contributed by atoms with Crippen molar-refractivity contribution in [3.05, 3.63) is 35.7 Å². The number of rotatable bonds is 5. The summed E-state index contributed by atoms with van der Waals surface area (Å²) in [5.41, 5.74) is 6.71. The number of nitrogens with zero attached hydrogens (tertiary/aromatic N) is 2. The van der Waals surface area contributed by atoms with E-state index in [9.17, 15) is 9.90 Å². The molecule has 1 aliphatic rings. The van der Waals surface area contributed by atoms with E-state index < -0.39 is 6.04 Å². The quantitative estimate of drug-likeness (QED) is 0.760. The largest absolute Gasteiger partial charge is 0.508 e. The zero-order valence-electron chi connectivity index (χ0n) is 11.3. The van der Waals surface area contributed by atoms with Gasteiger partial charge in [-0.25, -0.2) is 0 Å². The van der Waals surface area contributed by atoms with E-state index in [0.29, 0.717) is 18.2 Å². The summed E-state index contributed by atoms with van der Waals surface area (Å²) in [6, 6.07) is 5.91. The van der Waals surface area contributed by atoms with Crippen molar-refractivity contribution in [2.24, 2.45) is 5.73 Å². The molecule has 0 unspecified atom stereocenters. The van der Waals surface area contributed by atoms with Crippen LogP contribution in [0, 0.1) is 0 Å². The molecule has 1 fully saturated rings. The molecule has 0 spiro atoms. The number of carbonyl (C=O) groups is 1. The second-order valence-corrected chi connectivity index (χ2v) is 5.19. The molecule has 1 aromatic heterocycles. The number of aromatic hydroxyl groups is 1. The van der Waals surface area contributed by atoms with Crippen LogP contribution in [0.1, 0.15) is 30.2 Å². The lowest BCUT2D eigenvalue weighted by Crippen LogP contribution is -2.37. The predicted octanol–water partition coefficient (Wildman–Crippen LogP) is 1.16. The average Bonchev–Trinajstić information content (AvgIpc) is 3.22. The third-order valence-corrected chi connectivity index (χ3v) is 3.33. The predicted molar refractivity (Wildman–Crippen MR) is 74.7 cm³/mol. The molecule has 1 amide bonds. The van der Waals surface area contributed by atoms with Crippen LogP contribution in [-0.2, 0) is 11.2 Å². The number of nitrogens with one attached hydrogen (secondary N) is 1. The Morgan fingerprint density at radius 1 is 1.38 bits per heavy atom. The smallest absolute Gasteiger partial charge is 0.322 e. The highest BCUT2D eigenvalue weighted by molar-refractivity contribution is 5.93. The molecule has 7 nitrogen and oxygen atoms in total. The summed E-state index contributed by atoms with van der Waals surface area (Å²) < 4.78 is 5.35. The number of aromatic nitrogens is 2. The summed E-state index contributed by atoms with van der Waals surface area (Å²) in [6.07, 6.45) is 2.46. The van der Waals surface area contributed by atoms with Gasteiger partial charge in [-0.3, -0.25) is 10.1 Å². The number of amides is 1. The van der Waals surface area contributed by atoms with Gasteiger partial charge in [0, 0.05) is 5.92 Å². The van der Waals surface area contributed by atoms with Crippen molar-refractivity contribution in [1.29, 1.82) is 0 Å². The Kier molecular flexibility index (Phi) is 3.57. The lowest BCUT2D eigenvalue weighted by Gasteiger charge is -2.10. The maximum absolute atomic E-state index is 12.0. The molecular formula is C14H16N4O3. The fourth-order valence-corrected chi connectivity index (χ4v) is 1.96. The molecule has 1 heterocycles. The third-order valence-electron chi connectivity index (χ3n) is 3.33. The first kappa shape index (κ1) is 13.6. The first-order valence-electron chi connectivity index (χ1n) is 6.79. The van der Waals surface area contributed by atoms with Crippen LogP contribution in [-0.4, -0.2) is 27.3 Å². The number of carbonyl (C=O) groups excluding carboxylic acids is 1. The molecule has 1 atom stereocenters. The number of hydrogen-bond donors (Lipinski definition) is 3. The molecule has 7 heteroatoms. The van der Waals surface area contributed by atoms with Crippen LogP contribution in [0.5, 0.6) is 5.75 Å². The first-order valence-corrected chi connectivity index (χ1v) is 6.79. The zero-order valence-corrected chi connectivity index (χ0v) is 11.3.